The second-order valence-corrected chi connectivity index (χ2v) is 7.80. The fourth-order valence-corrected chi connectivity index (χ4v) is 5.33. The van der Waals surface area contributed by atoms with E-state index in [1.807, 2.05) is 24.3 Å². The van der Waals surface area contributed by atoms with Gasteiger partial charge in [0.1, 0.15) is 0 Å². The molecule has 0 amide bonds. The summed E-state index contributed by atoms with van der Waals surface area (Å²) in [6.45, 7) is 0.724. The third-order valence-corrected chi connectivity index (χ3v) is 6.38. The van der Waals surface area contributed by atoms with E-state index in [0.717, 1.165) is 30.5 Å². The summed E-state index contributed by atoms with van der Waals surface area (Å²) in [4.78, 5) is 0. The van der Waals surface area contributed by atoms with E-state index in [9.17, 15) is 8.42 Å². The van der Waals surface area contributed by atoms with Crippen LogP contribution in [-0.4, -0.2) is 25.3 Å². The van der Waals surface area contributed by atoms with E-state index in [4.69, 9.17) is 11.6 Å². The highest BCUT2D eigenvalue weighted by molar-refractivity contribution is 7.88. The SMILES string of the molecule is O=S(=O)(Cc1cccc(CCl)c1)N1CC2CCC1C2. The third-order valence-electron chi connectivity index (χ3n) is 4.21. The Kier molecular flexibility index (Phi) is 3.58. The first-order chi connectivity index (χ1) is 9.08. The molecule has 1 saturated carbocycles. The fourth-order valence-electron chi connectivity index (χ4n) is 3.32. The van der Waals surface area contributed by atoms with Crippen molar-refractivity contribution in [1.82, 2.24) is 4.31 Å². The minimum absolute atomic E-state index is 0.0982. The molecule has 1 aliphatic heterocycles. The molecule has 0 spiro atoms. The highest BCUT2D eigenvalue weighted by atomic mass is 35.5. The molecule has 0 radical (unpaired) electrons. The molecule has 1 heterocycles. The molecule has 1 saturated heterocycles. The lowest BCUT2D eigenvalue weighted by Crippen LogP contribution is -2.38. The van der Waals surface area contributed by atoms with E-state index >= 15 is 0 Å². The molecule has 0 aromatic heterocycles. The van der Waals surface area contributed by atoms with Crippen LogP contribution in [-0.2, 0) is 21.7 Å². The van der Waals surface area contributed by atoms with E-state index in [1.54, 1.807) is 4.31 Å². The largest absolute Gasteiger partial charge is 0.218 e. The number of piperidine rings is 1. The normalized spacial score (nSPS) is 27.0. The van der Waals surface area contributed by atoms with Gasteiger partial charge >= 0.3 is 0 Å². The molecule has 2 aliphatic rings. The predicted molar refractivity (Wildman–Crippen MR) is 76.5 cm³/mol. The summed E-state index contributed by atoms with van der Waals surface area (Å²) in [6.07, 6.45) is 3.28. The quantitative estimate of drug-likeness (QED) is 0.802. The lowest BCUT2D eigenvalue weighted by atomic mass is 10.1. The molecule has 19 heavy (non-hydrogen) atoms. The van der Waals surface area contributed by atoms with Gasteiger partial charge in [0.05, 0.1) is 5.75 Å². The number of halogens is 1. The van der Waals surface area contributed by atoms with Crippen LogP contribution in [0.3, 0.4) is 0 Å². The summed E-state index contributed by atoms with van der Waals surface area (Å²) in [5.74, 6) is 1.11. The van der Waals surface area contributed by atoms with E-state index in [-0.39, 0.29) is 11.8 Å². The molecule has 1 aromatic carbocycles. The number of hydrogen-bond acceptors (Lipinski definition) is 2. The Morgan fingerprint density at radius 2 is 2.05 bits per heavy atom. The molecule has 0 N–H and O–H groups in total. The Bertz CT molecular complexity index is 573. The Hall–Kier alpha value is -0.580. The van der Waals surface area contributed by atoms with Crippen molar-refractivity contribution < 1.29 is 8.42 Å². The number of fused-ring (bicyclic) bond motifs is 2. The smallest absolute Gasteiger partial charge is 0.212 e. The maximum absolute atomic E-state index is 12.5. The van der Waals surface area contributed by atoms with Crippen molar-refractivity contribution in [3.8, 4) is 0 Å². The van der Waals surface area contributed by atoms with E-state index < -0.39 is 10.0 Å². The Labute approximate surface area is 119 Å². The third kappa shape index (κ3) is 2.67. The molecule has 2 atom stereocenters. The highest BCUT2D eigenvalue weighted by Crippen LogP contribution is 2.39. The summed E-state index contributed by atoms with van der Waals surface area (Å²) in [5.41, 5.74) is 1.80. The highest BCUT2D eigenvalue weighted by Gasteiger charge is 2.43. The van der Waals surface area contributed by atoms with Crippen LogP contribution in [0, 0.1) is 5.92 Å². The molecule has 1 aromatic rings. The number of rotatable bonds is 4. The summed E-state index contributed by atoms with van der Waals surface area (Å²) in [7, 11) is -3.18. The van der Waals surface area contributed by atoms with Crippen LogP contribution in [0.15, 0.2) is 24.3 Å². The van der Waals surface area contributed by atoms with Crippen LogP contribution in [0.2, 0.25) is 0 Å². The number of hydrogen-bond donors (Lipinski definition) is 0. The van der Waals surface area contributed by atoms with Crippen molar-refractivity contribution in [2.24, 2.45) is 5.92 Å². The van der Waals surface area contributed by atoms with Gasteiger partial charge in [-0.05, 0) is 36.3 Å². The van der Waals surface area contributed by atoms with Crippen molar-refractivity contribution in [2.75, 3.05) is 6.54 Å². The van der Waals surface area contributed by atoms with Gasteiger partial charge < -0.3 is 0 Å². The molecule has 2 bridgehead atoms. The van der Waals surface area contributed by atoms with Gasteiger partial charge in [0, 0.05) is 18.5 Å². The van der Waals surface area contributed by atoms with Crippen LogP contribution in [0.4, 0.5) is 0 Å². The van der Waals surface area contributed by atoms with Gasteiger partial charge in [0.25, 0.3) is 0 Å². The van der Waals surface area contributed by atoms with Crippen molar-refractivity contribution in [3.05, 3.63) is 35.4 Å². The number of benzene rings is 1. The first-order valence-corrected chi connectivity index (χ1v) is 8.86. The summed E-state index contributed by atoms with van der Waals surface area (Å²) in [6, 6.07) is 7.80. The summed E-state index contributed by atoms with van der Waals surface area (Å²) in [5, 5.41) is 0. The molecule has 1 aliphatic carbocycles. The number of alkyl halides is 1. The van der Waals surface area contributed by atoms with Crippen molar-refractivity contribution in [2.45, 2.75) is 36.9 Å². The molecular weight excluding hydrogens is 282 g/mol. The van der Waals surface area contributed by atoms with Gasteiger partial charge in [-0.2, -0.15) is 4.31 Å². The predicted octanol–water partition coefficient (Wildman–Crippen LogP) is 2.74. The summed E-state index contributed by atoms with van der Waals surface area (Å²) < 4.78 is 26.7. The second-order valence-electron chi connectivity index (χ2n) is 5.61. The maximum atomic E-state index is 12.5. The lowest BCUT2D eigenvalue weighted by Gasteiger charge is -2.26. The average Bonchev–Trinajstić information content (AvgIpc) is 3.01. The molecule has 3 nitrogen and oxygen atoms in total. The fraction of sp³-hybridized carbons (Fsp3) is 0.571. The topological polar surface area (TPSA) is 37.4 Å². The second kappa shape index (κ2) is 5.08. The van der Waals surface area contributed by atoms with E-state index in [1.165, 1.54) is 6.42 Å². The monoisotopic (exact) mass is 299 g/mol. The first kappa shape index (κ1) is 13.4. The average molecular weight is 300 g/mol. The lowest BCUT2D eigenvalue weighted by molar-refractivity contribution is 0.333. The van der Waals surface area contributed by atoms with Crippen LogP contribution < -0.4 is 0 Å². The van der Waals surface area contributed by atoms with Crippen LogP contribution in [0.1, 0.15) is 30.4 Å². The molecule has 104 valence electrons. The zero-order valence-electron chi connectivity index (χ0n) is 10.8. The first-order valence-electron chi connectivity index (χ1n) is 6.72. The van der Waals surface area contributed by atoms with Gasteiger partial charge in [0.2, 0.25) is 10.0 Å². The molecular formula is C14H18ClNO2S. The molecule has 3 rings (SSSR count). The summed E-state index contributed by atoms with van der Waals surface area (Å²) >= 11 is 5.79. The van der Waals surface area contributed by atoms with Crippen molar-refractivity contribution in [3.63, 3.8) is 0 Å². The molecule has 2 fully saturated rings. The number of sulfonamides is 1. The standard InChI is InChI=1S/C14H18ClNO2S/c15-8-11-2-1-3-13(6-11)10-19(17,18)16-9-12-4-5-14(16)7-12/h1-3,6,12,14H,4-5,7-10H2. The van der Waals surface area contributed by atoms with Crippen LogP contribution in [0.5, 0.6) is 0 Å². The van der Waals surface area contributed by atoms with Gasteiger partial charge in [-0.3, -0.25) is 0 Å². The zero-order chi connectivity index (χ0) is 13.5. The minimum Gasteiger partial charge on any atom is -0.212 e. The zero-order valence-corrected chi connectivity index (χ0v) is 12.3. The van der Waals surface area contributed by atoms with Gasteiger partial charge in [-0.15, -0.1) is 11.6 Å². The number of nitrogens with zero attached hydrogens (tertiary/aromatic N) is 1. The maximum Gasteiger partial charge on any atom is 0.218 e. The van der Waals surface area contributed by atoms with Gasteiger partial charge in [0.15, 0.2) is 0 Å². The Morgan fingerprint density at radius 1 is 1.26 bits per heavy atom. The van der Waals surface area contributed by atoms with Crippen LogP contribution in [0.25, 0.3) is 0 Å². The van der Waals surface area contributed by atoms with E-state index in [0.29, 0.717) is 11.8 Å². The molecule has 2 unspecified atom stereocenters. The van der Waals surface area contributed by atoms with Crippen molar-refractivity contribution >= 4 is 21.6 Å². The van der Waals surface area contributed by atoms with Crippen molar-refractivity contribution in [1.29, 1.82) is 0 Å². The van der Waals surface area contributed by atoms with E-state index in [2.05, 4.69) is 0 Å². The minimum atomic E-state index is -3.18. The molecule has 5 heteroatoms. The van der Waals surface area contributed by atoms with Crippen LogP contribution >= 0.6 is 11.6 Å². The van der Waals surface area contributed by atoms with Gasteiger partial charge in [-0.1, -0.05) is 24.3 Å². The van der Waals surface area contributed by atoms with Gasteiger partial charge in [-0.25, -0.2) is 8.42 Å². The Balaban J connectivity index is 1.78. The Morgan fingerprint density at radius 3 is 2.68 bits per heavy atom.